The fourth-order valence-electron chi connectivity index (χ4n) is 3.60. The van der Waals surface area contributed by atoms with Crippen LogP contribution in [0.4, 0.5) is 5.82 Å². The number of nitrogens with zero attached hydrogens (tertiary/aromatic N) is 5. The molecule has 0 bridgehead atoms. The van der Waals surface area contributed by atoms with E-state index in [2.05, 4.69) is 28.1 Å². The Morgan fingerprint density at radius 2 is 1.97 bits per heavy atom. The predicted octanol–water partition coefficient (Wildman–Crippen LogP) is 1.22. The van der Waals surface area contributed by atoms with E-state index in [0.29, 0.717) is 41.5 Å². The fraction of sp³-hybridized carbons (Fsp3) is 0.571. The van der Waals surface area contributed by atoms with Crippen LogP contribution in [0.15, 0.2) is 35.8 Å². The third-order valence-corrected chi connectivity index (χ3v) is 5.85. The number of imidazole rings is 1. The van der Waals surface area contributed by atoms with Crippen molar-refractivity contribution in [1.29, 1.82) is 0 Å². The monoisotopic (exact) mass is 465 g/mol. The lowest BCUT2D eigenvalue weighted by Gasteiger charge is -2.30. The molecule has 11 heteroatoms. The third-order valence-electron chi connectivity index (χ3n) is 5.30. The Bertz CT molecular complexity index is 983. The number of anilines is 1. The molecule has 1 aliphatic rings. The van der Waals surface area contributed by atoms with Crippen molar-refractivity contribution >= 4 is 28.7 Å². The van der Waals surface area contributed by atoms with Gasteiger partial charge in [0, 0.05) is 13.0 Å². The summed E-state index contributed by atoms with van der Waals surface area (Å²) in [5.41, 5.74) is 2.59. The van der Waals surface area contributed by atoms with E-state index in [9.17, 15) is 20.4 Å². The molecule has 1 unspecified atom stereocenters. The van der Waals surface area contributed by atoms with E-state index in [-0.39, 0.29) is 0 Å². The van der Waals surface area contributed by atoms with E-state index < -0.39 is 37.4 Å². The molecule has 0 aromatic carbocycles. The summed E-state index contributed by atoms with van der Waals surface area (Å²) in [5.74, 6) is 0.444. The molecular formula is C21H31N5O5S. The summed E-state index contributed by atoms with van der Waals surface area (Å²) >= 11 is 1.33. The molecule has 10 nitrogen and oxygen atoms in total. The first-order valence-electron chi connectivity index (χ1n) is 10.3. The molecule has 0 radical (unpaired) electrons. The largest absolute Gasteiger partial charge is 0.394 e. The maximum absolute atomic E-state index is 10.9. The van der Waals surface area contributed by atoms with E-state index >= 15 is 0 Å². The molecule has 3 heterocycles. The van der Waals surface area contributed by atoms with Gasteiger partial charge in [0.05, 0.1) is 12.9 Å². The normalized spacial score (nSPS) is 24.1. The van der Waals surface area contributed by atoms with E-state index in [1.807, 2.05) is 20.1 Å². The summed E-state index contributed by atoms with van der Waals surface area (Å²) in [7, 11) is 0. The Balaban J connectivity index is 2.10. The molecule has 2 aromatic rings. The van der Waals surface area contributed by atoms with Crippen molar-refractivity contribution in [3.63, 3.8) is 0 Å². The highest BCUT2D eigenvalue weighted by Gasteiger charge is 2.44. The van der Waals surface area contributed by atoms with Gasteiger partial charge in [-0.15, -0.1) is 6.58 Å². The Morgan fingerprint density at radius 1 is 1.25 bits per heavy atom. The van der Waals surface area contributed by atoms with Crippen molar-refractivity contribution in [2.24, 2.45) is 0 Å². The standard InChI is InChI=1S/C21H31N5O5S/c1-11(2)6-7-25(14(28)8-12(3)4)18-15-19(24-21(23-18)32-5)26(10-22-15)20-17(30)16(29)13(9-27)31-20/h10,13-14,16-17,20,27-30H,1,3,6-9H2,2,4-5H3/t13-,14?,16-,17-,20-/m1/s1. The minimum absolute atomic E-state index is 0.353. The van der Waals surface area contributed by atoms with Crippen LogP contribution in [0, 0.1) is 0 Å². The van der Waals surface area contributed by atoms with Gasteiger partial charge in [-0.3, -0.25) is 4.57 Å². The van der Waals surface area contributed by atoms with E-state index in [4.69, 9.17) is 4.74 Å². The average Bonchev–Trinajstić information content (AvgIpc) is 3.28. The molecule has 4 N–H and O–H groups in total. The molecule has 5 atom stereocenters. The highest BCUT2D eigenvalue weighted by molar-refractivity contribution is 7.98. The van der Waals surface area contributed by atoms with E-state index in [0.717, 1.165) is 11.1 Å². The molecule has 1 saturated heterocycles. The summed E-state index contributed by atoms with van der Waals surface area (Å²) in [6, 6.07) is 0. The molecule has 2 aromatic heterocycles. The van der Waals surface area contributed by atoms with Gasteiger partial charge in [0.1, 0.15) is 24.5 Å². The minimum Gasteiger partial charge on any atom is -0.394 e. The molecule has 0 aliphatic carbocycles. The first-order chi connectivity index (χ1) is 15.2. The zero-order valence-electron chi connectivity index (χ0n) is 18.5. The second kappa shape index (κ2) is 10.3. The van der Waals surface area contributed by atoms with Gasteiger partial charge in [-0.25, -0.2) is 15.0 Å². The molecule has 1 fully saturated rings. The number of ether oxygens (including phenoxy) is 1. The molecule has 0 saturated carbocycles. The van der Waals surface area contributed by atoms with Gasteiger partial charge < -0.3 is 30.1 Å². The number of rotatable bonds is 10. The Kier molecular flexibility index (Phi) is 7.91. The second-order valence-corrected chi connectivity index (χ2v) is 8.90. The lowest BCUT2D eigenvalue weighted by molar-refractivity contribution is -0.0511. The molecule has 1 aliphatic heterocycles. The van der Waals surface area contributed by atoms with Gasteiger partial charge in [0.25, 0.3) is 0 Å². The van der Waals surface area contributed by atoms with Crippen LogP contribution in [0.2, 0.25) is 0 Å². The van der Waals surface area contributed by atoms with Gasteiger partial charge >= 0.3 is 0 Å². The zero-order chi connectivity index (χ0) is 23.6. The quantitative estimate of drug-likeness (QED) is 0.175. The first kappa shape index (κ1) is 24.6. The number of fused-ring (bicyclic) bond motifs is 1. The highest BCUT2D eigenvalue weighted by Crippen LogP contribution is 2.34. The van der Waals surface area contributed by atoms with Crippen LogP contribution in [-0.4, -0.2) is 83.9 Å². The summed E-state index contributed by atoms with van der Waals surface area (Å²) in [5, 5.41) is 41.4. The maximum atomic E-state index is 10.9. The SMILES string of the molecule is C=C(C)CCN(c1nc(SC)nc2c1ncn2[C@@H]1O[C@H](CO)[C@@H](O)[C@H]1O)C(O)CC(=C)C. The number of hydrogen-bond donors (Lipinski definition) is 4. The molecule has 176 valence electrons. The van der Waals surface area contributed by atoms with Crippen molar-refractivity contribution < 1.29 is 25.2 Å². The number of hydrogen-bond acceptors (Lipinski definition) is 10. The predicted molar refractivity (Wildman–Crippen MR) is 122 cm³/mol. The minimum atomic E-state index is -1.27. The van der Waals surface area contributed by atoms with Gasteiger partial charge in [-0.1, -0.05) is 29.5 Å². The number of aromatic nitrogens is 4. The van der Waals surface area contributed by atoms with Crippen molar-refractivity contribution in [2.75, 3.05) is 24.3 Å². The lowest BCUT2D eigenvalue weighted by Crippen LogP contribution is -2.37. The van der Waals surface area contributed by atoms with E-state index in [1.165, 1.54) is 22.7 Å². The summed E-state index contributed by atoms with van der Waals surface area (Å²) in [4.78, 5) is 15.4. The highest BCUT2D eigenvalue weighted by atomic mass is 32.2. The van der Waals surface area contributed by atoms with Gasteiger partial charge in [0.15, 0.2) is 28.4 Å². The molecular weight excluding hydrogens is 434 g/mol. The van der Waals surface area contributed by atoms with E-state index in [1.54, 1.807) is 4.90 Å². The van der Waals surface area contributed by atoms with Crippen LogP contribution >= 0.6 is 11.8 Å². The van der Waals surface area contributed by atoms with Gasteiger partial charge in [0.2, 0.25) is 0 Å². The van der Waals surface area contributed by atoms with Crippen LogP contribution < -0.4 is 4.90 Å². The van der Waals surface area contributed by atoms with Crippen LogP contribution in [0.5, 0.6) is 0 Å². The Labute approximate surface area is 191 Å². The number of aliphatic hydroxyl groups excluding tert-OH is 4. The average molecular weight is 466 g/mol. The summed E-state index contributed by atoms with van der Waals surface area (Å²) in [6.07, 6.45) is -1.00. The topological polar surface area (TPSA) is 137 Å². The van der Waals surface area contributed by atoms with Crippen molar-refractivity contribution in [1.82, 2.24) is 19.5 Å². The first-order valence-corrected chi connectivity index (χ1v) is 11.5. The zero-order valence-corrected chi connectivity index (χ0v) is 19.4. The number of thioether (sulfide) groups is 1. The Morgan fingerprint density at radius 3 is 2.53 bits per heavy atom. The smallest absolute Gasteiger partial charge is 0.191 e. The molecule has 0 spiro atoms. The summed E-state index contributed by atoms with van der Waals surface area (Å²) < 4.78 is 7.18. The van der Waals surface area contributed by atoms with Crippen LogP contribution in [0.1, 0.15) is 32.9 Å². The van der Waals surface area contributed by atoms with Gasteiger partial charge in [-0.2, -0.15) is 0 Å². The van der Waals surface area contributed by atoms with Crippen molar-refractivity contribution in [3.05, 3.63) is 30.6 Å². The van der Waals surface area contributed by atoms with Crippen molar-refractivity contribution in [2.45, 2.75) is 62.6 Å². The number of aliphatic hydroxyl groups is 4. The maximum Gasteiger partial charge on any atom is 0.191 e. The van der Waals surface area contributed by atoms with Gasteiger partial charge in [-0.05, 0) is 26.5 Å². The lowest BCUT2D eigenvalue weighted by atomic mass is 10.1. The van der Waals surface area contributed by atoms with Crippen molar-refractivity contribution in [3.8, 4) is 0 Å². The molecule has 0 amide bonds. The van der Waals surface area contributed by atoms with Crippen LogP contribution in [0.3, 0.4) is 0 Å². The second-order valence-electron chi connectivity index (χ2n) is 8.13. The van der Waals surface area contributed by atoms with Crippen LogP contribution in [-0.2, 0) is 4.74 Å². The fourth-order valence-corrected chi connectivity index (χ4v) is 3.95. The molecule has 3 rings (SSSR count). The third kappa shape index (κ3) is 4.98. The Hall–Kier alpha value is -2.02. The summed E-state index contributed by atoms with van der Waals surface area (Å²) in [6.45, 7) is 11.7. The van der Waals surface area contributed by atoms with Crippen LogP contribution in [0.25, 0.3) is 11.2 Å². The molecule has 32 heavy (non-hydrogen) atoms.